The maximum absolute atomic E-state index is 12.3. The van der Waals surface area contributed by atoms with E-state index in [1.807, 2.05) is 42.6 Å². The van der Waals surface area contributed by atoms with Crippen LogP contribution in [0.25, 0.3) is 10.7 Å². The third-order valence-electron chi connectivity index (χ3n) is 4.22. The summed E-state index contributed by atoms with van der Waals surface area (Å²) in [6.07, 6.45) is 2.19. The fourth-order valence-corrected chi connectivity index (χ4v) is 4.21. The number of hydrogen-bond donors (Lipinski definition) is 1. The van der Waals surface area contributed by atoms with Crippen molar-refractivity contribution in [1.29, 1.82) is 0 Å². The summed E-state index contributed by atoms with van der Waals surface area (Å²) in [5, 5.41) is 14.5. The van der Waals surface area contributed by atoms with Crippen molar-refractivity contribution in [3.8, 4) is 10.7 Å². The Bertz CT molecular complexity index is 872. The van der Waals surface area contributed by atoms with Crippen molar-refractivity contribution >= 4 is 29.0 Å². The molecule has 1 unspecified atom stereocenters. The van der Waals surface area contributed by atoms with Gasteiger partial charge in [0.1, 0.15) is 0 Å². The van der Waals surface area contributed by atoms with E-state index in [0.29, 0.717) is 12.6 Å². The van der Waals surface area contributed by atoms with Gasteiger partial charge < -0.3 is 5.32 Å². The van der Waals surface area contributed by atoms with Gasteiger partial charge in [-0.1, -0.05) is 48.2 Å². The summed E-state index contributed by atoms with van der Waals surface area (Å²) >= 11 is 3.11. The van der Waals surface area contributed by atoms with Crippen LogP contribution in [0, 0.1) is 0 Å². The van der Waals surface area contributed by atoms with Crippen LogP contribution in [0.15, 0.2) is 53.0 Å². The first kappa shape index (κ1) is 17.3. The third-order valence-corrected chi connectivity index (χ3v) is 6.16. The Labute approximate surface area is 160 Å². The molecule has 4 rings (SSSR count). The first-order valence-corrected chi connectivity index (χ1v) is 10.4. The molecule has 0 spiro atoms. The molecule has 2 heterocycles. The number of amides is 1. The maximum atomic E-state index is 12.3. The van der Waals surface area contributed by atoms with E-state index < -0.39 is 0 Å². The van der Waals surface area contributed by atoms with Gasteiger partial charge in [-0.2, -0.15) is 0 Å². The number of benzene rings is 1. The van der Waals surface area contributed by atoms with Gasteiger partial charge in [0.05, 0.1) is 16.7 Å². The van der Waals surface area contributed by atoms with Crippen LogP contribution in [0.2, 0.25) is 0 Å². The van der Waals surface area contributed by atoms with Gasteiger partial charge in [0.15, 0.2) is 11.0 Å². The molecule has 2 aromatic heterocycles. The molecule has 7 heteroatoms. The second-order valence-electron chi connectivity index (χ2n) is 6.40. The van der Waals surface area contributed by atoms with Crippen LogP contribution in [0.3, 0.4) is 0 Å². The van der Waals surface area contributed by atoms with Crippen LogP contribution in [-0.4, -0.2) is 32.0 Å². The van der Waals surface area contributed by atoms with E-state index in [4.69, 9.17) is 0 Å². The second-order valence-corrected chi connectivity index (χ2v) is 8.65. The smallest absolute Gasteiger partial charge is 0.233 e. The van der Waals surface area contributed by atoms with Gasteiger partial charge in [-0.05, 0) is 36.8 Å². The largest absolute Gasteiger partial charge is 0.352 e. The van der Waals surface area contributed by atoms with E-state index in [9.17, 15) is 4.79 Å². The highest BCUT2D eigenvalue weighted by molar-refractivity contribution is 8.00. The molecule has 1 aromatic carbocycles. The normalized spacial score (nSPS) is 15.0. The topological polar surface area (TPSA) is 59.8 Å². The minimum atomic E-state index is -0.203. The predicted octanol–water partition coefficient (Wildman–Crippen LogP) is 3.81. The van der Waals surface area contributed by atoms with Gasteiger partial charge in [-0.25, -0.2) is 0 Å². The zero-order chi connectivity index (χ0) is 17.9. The Morgan fingerprint density at radius 1 is 1.27 bits per heavy atom. The molecule has 0 radical (unpaired) electrons. The van der Waals surface area contributed by atoms with Gasteiger partial charge in [-0.15, -0.1) is 21.5 Å². The molecule has 1 aliphatic rings. The lowest BCUT2D eigenvalue weighted by atomic mass is 10.2. The lowest BCUT2D eigenvalue weighted by molar-refractivity contribution is -0.120. The van der Waals surface area contributed by atoms with Crippen LogP contribution >= 0.6 is 23.1 Å². The minimum Gasteiger partial charge on any atom is -0.352 e. The summed E-state index contributed by atoms with van der Waals surface area (Å²) in [5.74, 6) is 0.922. The lowest BCUT2D eigenvalue weighted by Gasteiger charge is -2.13. The molecule has 26 heavy (non-hydrogen) atoms. The Morgan fingerprint density at radius 2 is 2.08 bits per heavy atom. The van der Waals surface area contributed by atoms with Gasteiger partial charge in [-0.3, -0.25) is 9.36 Å². The number of thiophene rings is 1. The summed E-state index contributed by atoms with van der Waals surface area (Å²) in [7, 11) is 0. The molecule has 0 bridgehead atoms. The molecule has 1 fully saturated rings. The lowest BCUT2D eigenvalue weighted by Crippen LogP contribution is -2.32. The predicted molar refractivity (Wildman–Crippen MR) is 105 cm³/mol. The van der Waals surface area contributed by atoms with Crippen LogP contribution in [0.1, 0.15) is 25.3 Å². The van der Waals surface area contributed by atoms with E-state index in [1.165, 1.54) is 17.3 Å². The number of rotatable bonds is 7. The summed E-state index contributed by atoms with van der Waals surface area (Å²) in [4.78, 5) is 13.4. The molecule has 0 aliphatic heterocycles. The standard InChI is InChI=1S/C19H20N4OS2/c1-13(18(24)20-15-9-10-15)26-19-22-21-17(16-8-5-11-25-16)23(19)12-14-6-3-2-4-7-14/h2-8,11,13,15H,9-10,12H2,1H3,(H,20,24). The van der Waals surface area contributed by atoms with Crippen molar-refractivity contribution < 1.29 is 4.79 Å². The van der Waals surface area contributed by atoms with E-state index >= 15 is 0 Å². The van der Waals surface area contributed by atoms with E-state index in [1.54, 1.807) is 11.3 Å². The number of carbonyl (C=O) groups is 1. The number of aromatic nitrogens is 3. The van der Waals surface area contributed by atoms with Gasteiger partial charge in [0, 0.05) is 6.04 Å². The highest BCUT2D eigenvalue weighted by Gasteiger charge is 2.27. The Kier molecular flexibility index (Phi) is 5.08. The molecule has 1 saturated carbocycles. The molecule has 1 aliphatic carbocycles. The number of thioether (sulfide) groups is 1. The van der Waals surface area contributed by atoms with Crippen molar-refractivity contribution in [2.24, 2.45) is 0 Å². The molecular formula is C19H20N4OS2. The SMILES string of the molecule is CC(Sc1nnc(-c2cccs2)n1Cc1ccccc1)C(=O)NC1CC1. The summed E-state index contributed by atoms with van der Waals surface area (Å²) in [6.45, 7) is 2.61. The first-order valence-electron chi connectivity index (χ1n) is 8.69. The maximum Gasteiger partial charge on any atom is 0.233 e. The summed E-state index contributed by atoms with van der Waals surface area (Å²) < 4.78 is 2.10. The Balaban J connectivity index is 1.60. The third kappa shape index (κ3) is 3.99. The molecule has 3 aromatic rings. The zero-order valence-corrected chi connectivity index (χ0v) is 16.1. The first-order chi connectivity index (χ1) is 12.7. The number of carbonyl (C=O) groups excluding carboxylic acids is 1. The van der Waals surface area contributed by atoms with Gasteiger partial charge in [0.2, 0.25) is 5.91 Å². The van der Waals surface area contributed by atoms with Gasteiger partial charge in [0.25, 0.3) is 0 Å². The molecule has 1 atom stereocenters. The molecule has 5 nitrogen and oxygen atoms in total. The molecule has 134 valence electrons. The van der Waals surface area contributed by atoms with Crippen molar-refractivity contribution in [3.63, 3.8) is 0 Å². The highest BCUT2D eigenvalue weighted by atomic mass is 32.2. The molecule has 1 N–H and O–H groups in total. The fraction of sp³-hybridized carbons (Fsp3) is 0.316. The van der Waals surface area contributed by atoms with Crippen LogP contribution in [0.4, 0.5) is 0 Å². The summed E-state index contributed by atoms with van der Waals surface area (Å²) in [6, 6.07) is 14.7. The van der Waals surface area contributed by atoms with Crippen molar-refractivity contribution in [1.82, 2.24) is 20.1 Å². The Morgan fingerprint density at radius 3 is 2.77 bits per heavy atom. The summed E-state index contributed by atoms with van der Waals surface area (Å²) in [5.41, 5.74) is 1.18. The number of nitrogens with one attached hydrogen (secondary N) is 1. The zero-order valence-electron chi connectivity index (χ0n) is 14.5. The average Bonchev–Trinajstić information content (AvgIpc) is 3.15. The molecule has 0 saturated heterocycles. The van der Waals surface area contributed by atoms with Crippen LogP contribution < -0.4 is 5.32 Å². The number of nitrogens with zero attached hydrogens (tertiary/aromatic N) is 3. The monoisotopic (exact) mass is 384 g/mol. The average molecular weight is 385 g/mol. The van der Waals surface area contributed by atoms with Crippen molar-refractivity contribution in [3.05, 3.63) is 53.4 Å². The van der Waals surface area contributed by atoms with Crippen LogP contribution in [0.5, 0.6) is 0 Å². The minimum absolute atomic E-state index is 0.0736. The van der Waals surface area contributed by atoms with E-state index in [0.717, 1.165) is 28.7 Å². The second kappa shape index (κ2) is 7.63. The van der Waals surface area contributed by atoms with E-state index in [-0.39, 0.29) is 11.2 Å². The quantitative estimate of drug-likeness (QED) is 0.629. The van der Waals surface area contributed by atoms with Crippen molar-refractivity contribution in [2.45, 2.75) is 42.8 Å². The highest BCUT2D eigenvalue weighted by Crippen LogP contribution is 2.30. The molecular weight excluding hydrogens is 364 g/mol. The van der Waals surface area contributed by atoms with Gasteiger partial charge >= 0.3 is 0 Å². The number of hydrogen-bond acceptors (Lipinski definition) is 5. The molecule has 1 amide bonds. The Hall–Kier alpha value is -2.12. The van der Waals surface area contributed by atoms with Crippen molar-refractivity contribution in [2.75, 3.05) is 0 Å². The van der Waals surface area contributed by atoms with E-state index in [2.05, 4.69) is 32.2 Å². The fourth-order valence-electron chi connectivity index (χ4n) is 2.63. The van der Waals surface area contributed by atoms with Crippen LogP contribution in [-0.2, 0) is 11.3 Å².